The molecule has 0 saturated carbocycles. The maximum atomic E-state index is 12.7. The van der Waals surface area contributed by atoms with Crippen molar-refractivity contribution in [3.63, 3.8) is 0 Å². The Kier molecular flexibility index (Phi) is 15.6. The molecule has 0 aromatic heterocycles. The molecule has 11 heteroatoms. The van der Waals surface area contributed by atoms with Crippen LogP contribution in [0.5, 0.6) is 23.0 Å². The van der Waals surface area contributed by atoms with Gasteiger partial charge in [0.25, 0.3) is 0 Å². The van der Waals surface area contributed by atoms with E-state index in [9.17, 15) is 19.2 Å². The molecule has 0 heterocycles. The Morgan fingerprint density at radius 3 is 1.47 bits per heavy atom. The van der Waals surface area contributed by atoms with Gasteiger partial charge in [0.15, 0.2) is 0 Å². The highest BCUT2D eigenvalue weighted by Crippen LogP contribution is 2.25. The van der Waals surface area contributed by atoms with Crippen molar-refractivity contribution in [3.8, 4) is 23.0 Å². The summed E-state index contributed by atoms with van der Waals surface area (Å²) in [6, 6.07) is 25.4. The monoisotopic (exact) mass is 719 g/mol. The first-order chi connectivity index (χ1) is 25.7. The predicted molar refractivity (Wildman–Crippen MR) is 199 cm³/mol. The summed E-state index contributed by atoms with van der Waals surface area (Å²) in [4.78, 5) is 52.0. The number of nitrogens with zero attached hydrogens (tertiary/aromatic N) is 1. The van der Waals surface area contributed by atoms with E-state index in [0.717, 1.165) is 23.3 Å². The third kappa shape index (κ3) is 13.6. The minimum atomic E-state index is -0.503. The SMILES string of the molecule is C=CC(=O)OCCCCOc1ccc(C(=O)Oc2ccc(/C=N/c3ccc(OC(=O)c4ccc(OCCCCOC(=O)C=C)cc4)cc3C)cc2)cc1. The minimum absolute atomic E-state index is 0.305. The predicted octanol–water partition coefficient (Wildman–Crippen LogP) is 7.96. The average molecular weight is 720 g/mol. The first kappa shape index (κ1) is 39.3. The molecule has 0 aliphatic carbocycles. The van der Waals surface area contributed by atoms with Gasteiger partial charge in [-0.25, -0.2) is 19.2 Å². The molecule has 4 aromatic rings. The van der Waals surface area contributed by atoms with Gasteiger partial charge in [-0.1, -0.05) is 13.2 Å². The Bertz CT molecular complexity index is 1880. The summed E-state index contributed by atoms with van der Waals surface area (Å²) in [5.74, 6) is 0.105. The topological polar surface area (TPSA) is 136 Å². The average Bonchev–Trinajstić information content (AvgIpc) is 3.17. The molecule has 0 atom stereocenters. The maximum Gasteiger partial charge on any atom is 0.343 e. The summed E-state index contributed by atoms with van der Waals surface area (Å²) in [5.41, 5.74) is 3.05. The lowest BCUT2D eigenvalue weighted by Gasteiger charge is -2.09. The molecule has 11 nitrogen and oxygen atoms in total. The second kappa shape index (κ2) is 21.0. The third-order valence-electron chi connectivity index (χ3n) is 7.44. The molecule has 4 rings (SSSR count). The highest BCUT2D eigenvalue weighted by Gasteiger charge is 2.11. The number of aliphatic imine (C=N–C) groups is 1. The number of carbonyl (C=O) groups is 4. The lowest BCUT2D eigenvalue weighted by Crippen LogP contribution is -2.08. The van der Waals surface area contributed by atoms with E-state index in [0.29, 0.717) is 91.9 Å². The zero-order valence-electron chi connectivity index (χ0n) is 29.5. The van der Waals surface area contributed by atoms with Gasteiger partial charge in [0.1, 0.15) is 23.0 Å². The van der Waals surface area contributed by atoms with Gasteiger partial charge in [-0.2, -0.15) is 0 Å². The number of hydrogen-bond donors (Lipinski definition) is 0. The normalized spacial score (nSPS) is 10.6. The highest BCUT2D eigenvalue weighted by atomic mass is 16.5. The van der Waals surface area contributed by atoms with Crippen LogP contribution in [0.3, 0.4) is 0 Å². The van der Waals surface area contributed by atoms with E-state index in [1.807, 2.05) is 6.92 Å². The van der Waals surface area contributed by atoms with Gasteiger partial charge in [-0.15, -0.1) is 0 Å². The van der Waals surface area contributed by atoms with E-state index in [1.54, 1.807) is 97.2 Å². The maximum absolute atomic E-state index is 12.7. The van der Waals surface area contributed by atoms with Gasteiger partial charge in [0.2, 0.25) is 0 Å². The van der Waals surface area contributed by atoms with E-state index in [1.165, 1.54) is 0 Å². The molecule has 0 N–H and O–H groups in total. The van der Waals surface area contributed by atoms with Crippen molar-refractivity contribution < 1.29 is 47.6 Å². The largest absolute Gasteiger partial charge is 0.494 e. The van der Waals surface area contributed by atoms with Crippen LogP contribution in [0.2, 0.25) is 0 Å². The van der Waals surface area contributed by atoms with Crippen LogP contribution in [-0.2, 0) is 19.1 Å². The van der Waals surface area contributed by atoms with Crippen LogP contribution in [0.4, 0.5) is 5.69 Å². The van der Waals surface area contributed by atoms with Crippen molar-refractivity contribution in [3.05, 3.63) is 139 Å². The molecule has 0 radical (unpaired) electrons. The van der Waals surface area contributed by atoms with Crippen molar-refractivity contribution >= 4 is 35.8 Å². The lowest BCUT2D eigenvalue weighted by molar-refractivity contribution is -0.138. The number of hydrogen-bond acceptors (Lipinski definition) is 11. The standard InChI is InChI=1S/C42H41NO10/c1-4-39(44)50-26-8-6-24-48-34-18-12-32(13-19-34)41(46)52-36-16-10-31(11-17-36)29-43-38-23-22-37(28-30(38)3)53-42(47)33-14-20-35(21-15-33)49-25-7-9-27-51-40(45)5-2/h4-5,10-23,28-29H,1-2,6-9,24-27H2,3H3/b43-29+. The molecular formula is C42H41NO10. The summed E-state index contributed by atoms with van der Waals surface area (Å²) >= 11 is 0. The molecule has 0 unspecified atom stereocenters. The fourth-order valence-corrected chi connectivity index (χ4v) is 4.56. The van der Waals surface area contributed by atoms with Crippen molar-refractivity contribution in [2.24, 2.45) is 4.99 Å². The van der Waals surface area contributed by atoms with Crippen LogP contribution in [0.15, 0.2) is 121 Å². The molecule has 4 aromatic carbocycles. The van der Waals surface area contributed by atoms with Crippen LogP contribution in [0, 0.1) is 6.92 Å². The van der Waals surface area contributed by atoms with Crippen molar-refractivity contribution in [1.29, 1.82) is 0 Å². The minimum Gasteiger partial charge on any atom is -0.494 e. The number of unbranched alkanes of at least 4 members (excludes halogenated alkanes) is 2. The highest BCUT2D eigenvalue weighted by molar-refractivity contribution is 5.92. The molecule has 0 aliphatic rings. The van der Waals surface area contributed by atoms with E-state index in [-0.39, 0.29) is 0 Å². The number of ether oxygens (including phenoxy) is 6. The molecule has 0 bridgehead atoms. The molecule has 0 amide bonds. The quantitative estimate of drug-likeness (QED) is 0.0291. The second-order valence-electron chi connectivity index (χ2n) is 11.5. The molecular weight excluding hydrogens is 678 g/mol. The molecule has 53 heavy (non-hydrogen) atoms. The van der Waals surface area contributed by atoms with Crippen LogP contribution >= 0.6 is 0 Å². The van der Waals surface area contributed by atoms with Crippen molar-refractivity contribution in [1.82, 2.24) is 0 Å². The van der Waals surface area contributed by atoms with Crippen LogP contribution in [0.25, 0.3) is 0 Å². The van der Waals surface area contributed by atoms with E-state index >= 15 is 0 Å². The van der Waals surface area contributed by atoms with Gasteiger partial charge in [-0.05, 0) is 135 Å². The smallest absolute Gasteiger partial charge is 0.343 e. The van der Waals surface area contributed by atoms with Crippen LogP contribution in [0.1, 0.15) is 57.5 Å². The Morgan fingerprint density at radius 1 is 0.566 bits per heavy atom. The first-order valence-corrected chi connectivity index (χ1v) is 17.0. The van der Waals surface area contributed by atoms with Gasteiger partial charge in [-0.3, -0.25) is 4.99 Å². The van der Waals surface area contributed by atoms with Gasteiger partial charge < -0.3 is 28.4 Å². The summed E-state index contributed by atoms with van der Waals surface area (Å²) in [6.07, 6.45) is 6.68. The van der Waals surface area contributed by atoms with E-state index < -0.39 is 23.9 Å². The van der Waals surface area contributed by atoms with Crippen molar-refractivity contribution in [2.75, 3.05) is 26.4 Å². The third-order valence-corrected chi connectivity index (χ3v) is 7.44. The summed E-state index contributed by atoms with van der Waals surface area (Å²) in [6.45, 7) is 10.1. The lowest BCUT2D eigenvalue weighted by atomic mass is 10.2. The fourth-order valence-electron chi connectivity index (χ4n) is 4.56. The number of benzene rings is 4. The van der Waals surface area contributed by atoms with Gasteiger partial charge >= 0.3 is 23.9 Å². The van der Waals surface area contributed by atoms with E-state index in [4.69, 9.17) is 28.4 Å². The number of rotatable bonds is 20. The molecule has 0 spiro atoms. The summed E-state index contributed by atoms with van der Waals surface area (Å²) in [5, 5.41) is 0. The molecule has 0 fully saturated rings. The summed E-state index contributed by atoms with van der Waals surface area (Å²) < 4.78 is 32.3. The Labute approximate surface area is 308 Å². The first-order valence-electron chi connectivity index (χ1n) is 17.0. The zero-order chi connectivity index (χ0) is 37.8. The Morgan fingerprint density at radius 2 is 1.00 bits per heavy atom. The molecule has 0 saturated heterocycles. The molecule has 0 aliphatic heterocycles. The fraction of sp³-hybridized carbons (Fsp3) is 0.214. The van der Waals surface area contributed by atoms with Gasteiger partial charge in [0.05, 0.1) is 43.2 Å². The van der Waals surface area contributed by atoms with Crippen LogP contribution < -0.4 is 18.9 Å². The second-order valence-corrected chi connectivity index (χ2v) is 11.5. The molecule has 274 valence electrons. The Balaban J connectivity index is 1.19. The number of aryl methyl sites for hydroxylation is 1. The zero-order valence-corrected chi connectivity index (χ0v) is 29.5. The number of carbonyl (C=O) groups excluding carboxylic acids is 4. The van der Waals surface area contributed by atoms with Crippen LogP contribution in [-0.4, -0.2) is 56.5 Å². The summed E-state index contributed by atoms with van der Waals surface area (Å²) in [7, 11) is 0. The van der Waals surface area contributed by atoms with E-state index in [2.05, 4.69) is 18.2 Å². The Hall–Kier alpha value is -6.49. The number of esters is 4. The van der Waals surface area contributed by atoms with Gasteiger partial charge in [0, 0.05) is 18.4 Å². The van der Waals surface area contributed by atoms with Crippen molar-refractivity contribution in [2.45, 2.75) is 32.6 Å².